The number of nitrogens with zero attached hydrogens (tertiary/aromatic N) is 1. The highest BCUT2D eigenvalue weighted by molar-refractivity contribution is 7.55. The van der Waals surface area contributed by atoms with E-state index in [1.54, 1.807) is 0 Å². The van der Waals surface area contributed by atoms with Crippen LogP contribution in [-0.2, 0) is 0 Å². The predicted molar refractivity (Wildman–Crippen MR) is 69.4 cm³/mol. The minimum atomic E-state index is -1.37. The summed E-state index contributed by atoms with van der Waals surface area (Å²) in [7, 11) is -1.13. The van der Waals surface area contributed by atoms with Gasteiger partial charge in [-0.25, -0.2) is 0 Å². The second kappa shape index (κ2) is 5.14. The molecule has 12 N–H and O–H groups in total. The molecule has 1 aromatic carbocycles. The van der Waals surface area contributed by atoms with E-state index in [4.69, 9.17) is 38.5 Å². The molecule has 0 aliphatic rings. The second-order valence-electron chi connectivity index (χ2n) is 2.85. The molecule has 0 spiro atoms. The molecule has 0 saturated heterocycles. The molecule has 10 heteroatoms. The molecule has 8 nitrogen and oxygen atoms in total. The fraction of sp³-hybridized carbons (Fsp3) is 0. The van der Waals surface area contributed by atoms with Crippen LogP contribution in [0.5, 0.6) is 5.75 Å². The zero-order valence-electron chi connectivity index (χ0n) is 8.29. The van der Waals surface area contributed by atoms with Gasteiger partial charge >= 0.3 is 0 Å². The molecule has 0 radical (unpaired) electrons. The number of anilines is 4. The van der Waals surface area contributed by atoms with Crippen molar-refractivity contribution in [1.29, 1.82) is 0 Å². The summed E-state index contributed by atoms with van der Waals surface area (Å²) in [5.74, 6) is 0.298. The zero-order chi connectivity index (χ0) is 12.3. The Balaban J connectivity index is 2.98. The monoisotopic (exact) mass is 261 g/mol. The SMILES string of the molecule is Nc1cc(OP=NP(N)N)c(N)c(N)c1N. The van der Waals surface area contributed by atoms with Crippen LogP contribution in [0.25, 0.3) is 0 Å². The minimum Gasteiger partial charge on any atom is -0.420 e. The average molecular weight is 261 g/mol. The molecule has 1 rings (SSSR count). The summed E-state index contributed by atoms with van der Waals surface area (Å²) in [4.78, 5) is 0. The van der Waals surface area contributed by atoms with Crippen LogP contribution in [-0.4, -0.2) is 0 Å². The summed E-state index contributed by atoms with van der Waals surface area (Å²) in [5, 5.41) is 0. The highest BCUT2D eigenvalue weighted by Gasteiger charge is 2.10. The third-order valence-corrected chi connectivity index (χ3v) is 3.12. The molecular formula is C6H13N7OP2. The summed E-state index contributed by atoms with van der Waals surface area (Å²) >= 11 is 0. The summed E-state index contributed by atoms with van der Waals surface area (Å²) in [6.07, 6.45) is 0. The smallest absolute Gasteiger partial charge is 0.248 e. The Bertz CT molecular complexity index is 422. The summed E-state index contributed by atoms with van der Waals surface area (Å²) < 4.78 is 8.93. The lowest BCUT2D eigenvalue weighted by Crippen LogP contribution is -2.04. The van der Waals surface area contributed by atoms with E-state index in [-0.39, 0.29) is 25.7 Å². The van der Waals surface area contributed by atoms with Gasteiger partial charge in [0.05, 0.1) is 17.1 Å². The van der Waals surface area contributed by atoms with E-state index in [0.29, 0.717) is 11.4 Å². The Kier molecular flexibility index (Phi) is 4.09. The van der Waals surface area contributed by atoms with Crippen molar-refractivity contribution in [2.24, 2.45) is 15.5 Å². The highest BCUT2D eigenvalue weighted by Crippen LogP contribution is 2.39. The maximum atomic E-state index is 5.68. The third kappa shape index (κ3) is 2.84. The quantitative estimate of drug-likeness (QED) is 0.340. The summed E-state index contributed by atoms with van der Waals surface area (Å²) in [6, 6.07) is 1.47. The molecule has 16 heavy (non-hydrogen) atoms. The molecule has 0 aliphatic carbocycles. The fourth-order valence-electron chi connectivity index (χ4n) is 0.910. The van der Waals surface area contributed by atoms with Crippen LogP contribution in [0.4, 0.5) is 22.7 Å². The first-order valence-corrected chi connectivity index (χ1v) is 6.23. The third-order valence-electron chi connectivity index (χ3n) is 1.72. The Morgan fingerprint density at radius 2 is 1.69 bits per heavy atom. The topological polar surface area (TPSA) is 178 Å². The first-order chi connectivity index (χ1) is 7.43. The molecule has 0 amide bonds. The van der Waals surface area contributed by atoms with Gasteiger partial charge in [0.15, 0.2) is 14.1 Å². The van der Waals surface area contributed by atoms with Gasteiger partial charge in [-0.1, -0.05) is 0 Å². The van der Waals surface area contributed by atoms with Crippen molar-refractivity contribution in [2.75, 3.05) is 22.9 Å². The standard InChI is InChI=1S/C6H13N7OP2/c7-2-1-3(14-15-13-16(11)12)5(9)6(10)4(2)8/h1H,7-12H2. The van der Waals surface area contributed by atoms with Crippen LogP contribution in [0, 0.1) is 0 Å². The summed E-state index contributed by atoms with van der Waals surface area (Å²) in [5.41, 5.74) is 34.0. The van der Waals surface area contributed by atoms with Crippen LogP contribution in [0.1, 0.15) is 0 Å². The van der Waals surface area contributed by atoms with Crippen molar-refractivity contribution >= 4 is 39.7 Å². The Morgan fingerprint density at radius 3 is 2.25 bits per heavy atom. The molecule has 88 valence electrons. The lowest BCUT2D eigenvalue weighted by molar-refractivity contribution is 0.643. The zero-order valence-corrected chi connectivity index (χ0v) is 10.1. The number of hydrogen-bond acceptors (Lipinski definition) is 8. The van der Waals surface area contributed by atoms with Crippen LogP contribution in [0.2, 0.25) is 0 Å². The highest BCUT2D eigenvalue weighted by atomic mass is 31.2. The van der Waals surface area contributed by atoms with E-state index >= 15 is 0 Å². The molecule has 0 fully saturated rings. The fourth-order valence-corrected chi connectivity index (χ4v) is 1.63. The van der Waals surface area contributed by atoms with Crippen LogP contribution >= 0.6 is 17.0 Å². The number of rotatable bonds is 3. The van der Waals surface area contributed by atoms with E-state index in [0.717, 1.165) is 0 Å². The van der Waals surface area contributed by atoms with Crippen molar-refractivity contribution in [3.63, 3.8) is 0 Å². The number of hydrogen-bond donors (Lipinski definition) is 6. The van der Waals surface area contributed by atoms with Gasteiger partial charge in [0.2, 0.25) is 8.60 Å². The van der Waals surface area contributed by atoms with E-state index in [1.807, 2.05) is 0 Å². The lowest BCUT2D eigenvalue weighted by atomic mass is 10.2. The first-order valence-electron chi connectivity index (χ1n) is 4.04. The molecule has 0 saturated carbocycles. The van der Waals surface area contributed by atoms with Gasteiger partial charge in [-0.3, -0.25) is 11.0 Å². The van der Waals surface area contributed by atoms with E-state index in [9.17, 15) is 0 Å². The molecule has 0 heterocycles. The van der Waals surface area contributed by atoms with Crippen molar-refractivity contribution in [3.8, 4) is 5.75 Å². The van der Waals surface area contributed by atoms with Crippen molar-refractivity contribution in [3.05, 3.63) is 6.07 Å². The van der Waals surface area contributed by atoms with E-state index in [1.165, 1.54) is 6.07 Å². The largest absolute Gasteiger partial charge is 0.420 e. The first kappa shape index (κ1) is 12.7. The molecule has 0 aromatic heterocycles. The van der Waals surface area contributed by atoms with Gasteiger partial charge in [0.1, 0.15) is 5.69 Å². The van der Waals surface area contributed by atoms with Gasteiger partial charge in [0.25, 0.3) is 0 Å². The molecule has 1 aromatic rings. The van der Waals surface area contributed by atoms with Crippen LogP contribution in [0.3, 0.4) is 0 Å². The average Bonchev–Trinajstić information content (AvgIpc) is 2.22. The summed E-state index contributed by atoms with van der Waals surface area (Å²) in [6.45, 7) is 0. The number of nitrogens with two attached hydrogens (primary N) is 6. The molecule has 0 atom stereocenters. The molecule has 0 bridgehead atoms. The maximum absolute atomic E-state index is 5.68. The maximum Gasteiger partial charge on any atom is 0.248 e. The van der Waals surface area contributed by atoms with Crippen LogP contribution in [0.15, 0.2) is 10.6 Å². The van der Waals surface area contributed by atoms with E-state index in [2.05, 4.69) is 4.52 Å². The Hall–Kier alpha value is -1.33. The number of benzene rings is 1. The van der Waals surface area contributed by atoms with Gasteiger partial charge < -0.3 is 27.5 Å². The lowest BCUT2D eigenvalue weighted by Gasteiger charge is -2.10. The normalized spacial score (nSPS) is 11.2. The molecule has 0 unspecified atom stereocenters. The van der Waals surface area contributed by atoms with Crippen LogP contribution < -0.4 is 38.5 Å². The Morgan fingerprint density at radius 1 is 1.06 bits per heavy atom. The van der Waals surface area contributed by atoms with Gasteiger partial charge in [0, 0.05) is 6.07 Å². The van der Waals surface area contributed by atoms with Gasteiger partial charge in [-0.05, 0) is 0 Å². The van der Waals surface area contributed by atoms with Gasteiger partial charge in [-0.15, -0.1) is 0 Å². The Labute approximate surface area is 95.2 Å². The van der Waals surface area contributed by atoms with Crippen molar-refractivity contribution in [1.82, 2.24) is 0 Å². The predicted octanol–water partition coefficient (Wildman–Crippen LogP) is 0.583. The molecular weight excluding hydrogens is 248 g/mol. The van der Waals surface area contributed by atoms with Gasteiger partial charge in [-0.2, -0.15) is 4.52 Å². The van der Waals surface area contributed by atoms with E-state index < -0.39 is 8.37 Å². The number of nitrogen functional groups attached to an aromatic ring is 4. The minimum absolute atomic E-state index is 0.188. The molecule has 0 aliphatic heterocycles. The van der Waals surface area contributed by atoms with Crippen molar-refractivity contribution in [2.45, 2.75) is 0 Å². The van der Waals surface area contributed by atoms with Crippen molar-refractivity contribution < 1.29 is 4.52 Å². The second-order valence-corrected chi connectivity index (χ2v) is 4.67.